The zero-order chi connectivity index (χ0) is 13.5. The molecular formula is C15H21N3O. The van der Waals surface area contributed by atoms with Crippen LogP contribution in [0.5, 0.6) is 0 Å². The second-order valence-corrected chi connectivity index (χ2v) is 4.54. The smallest absolute Gasteiger partial charge is 0.0634 e. The van der Waals surface area contributed by atoms with Gasteiger partial charge in [0.1, 0.15) is 0 Å². The van der Waals surface area contributed by atoms with Crippen LogP contribution in [0, 0.1) is 0 Å². The molecule has 0 radical (unpaired) electrons. The first-order chi connectivity index (χ1) is 9.35. The van der Waals surface area contributed by atoms with Crippen molar-refractivity contribution >= 4 is 5.69 Å². The van der Waals surface area contributed by atoms with E-state index in [0.29, 0.717) is 0 Å². The van der Waals surface area contributed by atoms with Crippen molar-refractivity contribution < 1.29 is 5.11 Å². The number of nitrogens with zero attached hydrogens (tertiary/aromatic N) is 3. The van der Waals surface area contributed by atoms with Crippen LogP contribution < -0.4 is 4.90 Å². The topological polar surface area (TPSA) is 41.3 Å². The van der Waals surface area contributed by atoms with Gasteiger partial charge in [-0.3, -0.25) is 4.68 Å². The van der Waals surface area contributed by atoms with Crippen molar-refractivity contribution in [3.05, 3.63) is 48.8 Å². The summed E-state index contributed by atoms with van der Waals surface area (Å²) in [7, 11) is 0. The molecule has 0 aliphatic heterocycles. The van der Waals surface area contributed by atoms with Crippen LogP contribution in [-0.2, 0) is 6.54 Å². The average Bonchev–Trinajstić information content (AvgIpc) is 2.97. The Morgan fingerprint density at radius 3 is 2.63 bits per heavy atom. The monoisotopic (exact) mass is 259 g/mol. The van der Waals surface area contributed by atoms with Gasteiger partial charge in [0.05, 0.1) is 19.2 Å². The van der Waals surface area contributed by atoms with E-state index in [1.54, 1.807) is 6.20 Å². The zero-order valence-corrected chi connectivity index (χ0v) is 11.3. The number of hydrogen-bond acceptors (Lipinski definition) is 3. The van der Waals surface area contributed by atoms with Gasteiger partial charge < -0.3 is 10.0 Å². The molecule has 0 amide bonds. The maximum Gasteiger partial charge on any atom is 0.0634 e. The van der Waals surface area contributed by atoms with Crippen molar-refractivity contribution in [2.45, 2.75) is 25.9 Å². The van der Waals surface area contributed by atoms with E-state index >= 15 is 0 Å². The predicted molar refractivity (Wildman–Crippen MR) is 77.2 cm³/mol. The van der Waals surface area contributed by atoms with E-state index in [1.165, 1.54) is 0 Å². The molecule has 1 aromatic carbocycles. The Kier molecular flexibility index (Phi) is 4.98. The second kappa shape index (κ2) is 6.95. The second-order valence-electron chi connectivity index (χ2n) is 4.54. The number of aliphatic hydroxyl groups excluding tert-OH is 1. The van der Waals surface area contributed by atoms with E-state index in [2.05, 4.69) is 29.1 Å². The number of anilines is 1. The van der Waals surface area contributed by atoms with Crippen LogP contribution >= 0.6 is 0 Å². The van der Waals surface area contributed by atoms with Gasteiger partial charge in [-0.05, 0) is 24.6 Å². The lowest BCUT2D eigenvalue weighted by Crippen LogP contribution is -2.39. The first-order valence-electron chi connectivity index (χ1n) is 6.75. The summed E-state index contributed by atoms with van der Waals surface area (Å²) in [5.74, 6) is 0. The Morgan fingerprint density at radius 2 is 2.05 bits per heavy atom. The zero-order valence-electron chi connectivity index (χ0n) is 11.3. The third kappa shape index (κ3) is 3.58. The molecule has 2 aromatic rings. The first kappa shape index (κ1) is 13.6. The van der Waals surface area contributed by atoms with Crippen LogP contribution in [0.1, 0.15) is 13.3 Å². The maximum absolute atomic E-state index is 9.55. The van der Waals surface area contributed by atoms with E-state index in [1.807, 2.05) is 35.1 Å². The highest BCUT2D eigenvalue weighted by atomic mass is 16.3. The van der Waals surface area contributed by atoms with E-state index in [4.69, 9.17) is 0 Å². The van der Waals surface area contributed by atoms with E-state index in [9.17, 15) is 5.11 Å². The summed E-state index contributed by atoms with van der Waals surface area (Å²) >= 11 is 0. The molecule has 0 saturated carbocycles. The molecule has 19 heavy (non-hydrogen) atoms. The minimum absolute atomic E-state index is 0.151. The van der Waals surface area contributed by atoms with Crippen molar-refractivity contribution in [2.24, 2.45) is 0 Å². The van der Waals surface area contributed by atoms with Gasteiger partial charge in [0.25, 0.3) is 0 Å². The van der Waals surface area contributed by atoms with Gasteiger partial charge >= 0.3 is 0 Å². The molecule has 4 nitrogen and oxygen atoms in total. The number of rotatable bonds is 7. The largest absolute Gasteiger partial charge is 0.394 e. The van der Waals surface area contributed by atoms with E-state index < -0.39 is 0 Å². The van der Waals surface area contributed by atoms with Crippen molar-refractivity contribution in [2.75, 3.05) is 18.1 Å². The fourth-order valence-electron chi connectivity index (χ4n) is 2.23. The summed E-state index contributed by atoms with van der Waals surface area (Å²) in [5, 5.41) is 13.8. The summed E-state index contributed by atoms with van der Waals surface area (Å²) in [6, 6.07) is 12.3. The Morgan fingerprint density at radius 1 is 1.26 bits per heavy atom. The van der Waals surface area contributed by atoms with Gasteiger partial charge in [0.15, 0.2) is 0 Å². The van der Waals surface area contributed by atoms with Crippen LogP contribution in [0.3, 0.4) is 0 Å². The van der Waals surface area contributed by atoms with Crippen LogP contribution in [0.4, 0.5) is 5.69 Å². The molecule has 0 bridgehead atoms. The Labute approximate surface area is 114 Å². The molecule has 0 aliphatic carbocycles. The molecule has 0 spiro atoms. The molecular weight excluding hydrogens is 238 g/mol. The fraction of sp³-hybridized carbons (Fsp3) is 0.400. The predicted octanol–water partition coefficient (Wildman–Crippen LogP) is 2.16. The number of para-hydroxylation sites is 1. The summed E-state index contributed by atoms with van der Waals surface area (Å²) in [6.45, 7) is 3.93. The summed E-state index contributed by atoms with van der Waals surface area (Å²) in [5.41, 5.74) is 1.15. The lowest BCUT2D eigenvalue weighted by Gasteiger charge is -2.32. The van der Waals surface area contributed by atoms with Gasteiger partial charge in [0, 0.05) is 24.6 Å². The molecule has 1 atom stereocenters. The van der Waals surface area contributed by atoms with Gasteiger partial charge in [-0.25, -0.2) is 0 Å². The molecule has 2 rings (SSSR count). The van der Waals surface area contributed by atoms with Crippen molar-refractivity contribution in [3.63, 3.8) is 0 Å². The summed E-state index contributed by atoms with van der Waals surface area (Å²) in [4.78, 5) is 2.25. The number of hydrogen-bond donors (Lipinski definition) is 1. The highest BCUT2D eigenvalue weighted by molar-refractivity contribution is 5.47. The lowest BCUT2D eigenvalue weighted by molar-refractivity contribution is 0.254. The minimum Gasteiger partial charge on any atom is -0.394 e. The first-order valence-corrected chi connectivity index (χ1v) is 6.75. The maximum atomic E-state index is 9.55. The van der Waals surface area contributed by atoms with E-state index in [0.717, 1.165) is 25.2 Å². The quantitative estimate of drug-likeness (QED) is 0.828. The lowest BCUT2D eigenvalue weighted by atomic mass is 10.1. The normalized spacial score (nSPS) is 12.3. The van der Waals surface area contributed by atoms with Crippen LogP contribution in [-0.4, -0.2) is 34.1 Å². The number of aliphatic hydroxyl groups is 1. The van der Waals surface area contributed by atoms with Gasteiger partial charge in [-0.15, -0.1) is 0 Å². The molecule has 1 unspecified atom stereocenters. The van der Waals surface area contributed by atoms with Gasteiger partial charge in [-0.2, -0.15) is 5.10 Å². The van der Waals surface area contributed by atoms with E-state index in [-0.39, 0.29) is 12.6 Å². The highest BCUT2D eigenvalue weighted by Crippen LogP contribution is 2.18. The van der Waals surface area contributed by atoms with Crippen molar-refractivity contribution in [3.8, 4) is 0 Å². The molecule has 1 aromatic heterocycles. The number of aromatic nitrogens is 2. The van der Waals surface area contributed by atoms with Crippen molar-refractivity contribution in [1.29, 1.82) is 0 Å². The van der Waals surface area contributed by atoms with Crippen LogP contribution in [0.25, 0.3) is 0 Å². The Bertz CT molecular complexity index is 452. The minimum atomic E-state index is 0.151. The average molecular weight is 259 g/mol. The number of benzene rings is 1. The molecule has 0 aliphatic rings. The Balaban J connectivity index is 2.10. The van der Waals surface area contributed by atoms with Gasteiger partial charge in [-0.1, -0.05) is 25.1 Å². The van der Waals surface area contributed by atoms with Crippen molar-refractivity contribution in [1.82, 2.24) is 9.78 Å². The molecule has 0 saturated heterocycles. The van der Waals surface area contributed by atoms with Crippen LogP contribution in [0.2, 0.25) is 0 Å². The summed E-state index contributed by atoms with van der Waals surface area (Å²) < 4.78 is 1.92. The molecule has 1 heterocycles. The third-order valence-corrected chi connectivity index (χ3v) is 3.34. The third-order valence-electron chi connectivity index (χ3n) is 3.34. The SMILES string of the molecule is CCC(CO)N(CCn1cccn1)c1ccccc1. The van der Waals surface area contributed by atoms with Gasteiger partial charge in [0.2, 0.25) is 0 Å². The summed E-state index contributed by atoms with van der Waals surface area (Å²) in [6.07, 6.45) is 4.67. The molecule has 4 heteroatoms. The molecule has 102 valence electrons. The van der Waals surface area contributed by atoms with Crippen LogP contribution in [0.15, 0.2) is 48.8 Å². The standard InChI is InChI=1S/C15H21N3O/c1-2-14(13-19)18(15-7-4-3-5-8-15)12-11-17-10-6-9-16-17/h3-10,14,19H,2,11-13H2,1H3. The molecule has 0 fully saturated rings. The molecule has 1 N–H and O–H groups in total. The fourth-order valence-corrected chi connectivity index (χ4v) is 2.23. The Hall–Kier alpha value is -1.81. The highest BCUT2D eigenvalue weighted by Gasteiger charge is 2.16.